The molecule has 0 aliphatic rings. The van der Waals surface area contributed by atoms with Gasteiger partial charge in [-0.15, -0.1) is 0 Å². The summed E-state index contributed by atoms with van der Waals surface area (Å²) in [4.78, 5) is -1.10. The first kappa shape index (κ1) is 13.8. The van der Waals surface area contributed by atoms with Crippen LogP contribution in [0.5, 0.6) is 0 Å². The molecule has 5 nitrogen and oxygen atoms in total. The van der Waals surface area contributed by atoms with Crippen molar-refractivity contribution >= 4 is 15.7 Å². The molecule has 0 bridgehead atoms. The maximum atomic E-state index is 13.3. The second kappa shape index (κ2) is 4.94. The average molecular weight is 266 g/mol. The highest BCUT2D eigenvalue weighted by Crippen LogP contribution is 2.21. The number of hydrogen-bond donors (Lipinski definition) is 3. The van der Waals surface area contributed by atoms with Gasteiger partial charge in [-0.25, -0.2) is 21.9 Å². The van der Waals surface area contributed by atoms with Gasteiger partial charge in [0.25, 0.3) is 0 Å². The molecule has 0 saturated heterocycles. The van der Waals surface area contributed by atoms with Gasteiger partial charge >= 0.3 is 0 Å². The number of halogens is 2. The van der Waals surface area contributed by atoms with Gasteiger partial charge in [0.05, 0.1) is 6.10 Å². The van der Waals surface area contributed by atoms with Crippen LogP contribution in [0.1, 0.15) is 6.92 Å². The summed E-state index contributed by atoms with van der Waals surface area (Å²) in [7, 11) is -4.35. The van der Waals surface area contributed by atoms with E-state index in [4.69, 9.17) is 10.8 Å². The number of sulfonamides is 1. The molecule has 8 heteroatoms. The van der Waals surface area contributed by atoms with Crippen molar-refractivity contribution in [2.75, 3.05) is 12.3 Å². The number of anilines is 1. The molecule has 4 N–H and O–H groups in total. The van der Waals surface area contributed by atoms with E-state index in [1.807, 2.05) is 4.72 Å². The van der Waals surface area contributed by atoms with E-state index in [0.29, 0.717) is 12.1 Å². The van der Waals surface area contributed by atoms with Gasteiger partial charge < -0.3 is 10.8 Å². The summed E-state index contributed by atoms with van der Waals surface area (Å²) in [6.45, 7) is 0.990. The summed E-state index contributed by atoms with van der Waals surface area (Å²) in [5.41, 5.74) is 4.95. The van der Waals surface area contributed by atoms with Gasteiger partial charge in [0.15, 0.2) is 4.90 Å². The minimum absolute atomic E-state index is 0.213. The number of rotatable bonds is 4. The van der Waals surface area contributed by atoms with Gasteiger partial charge in [0.2, 0.25) is 10.0 Å². The zero-order valence-corrected chi connectivity index (χ0v) is 9.76. The van der Waals surface area contributed by atoms with Crippen molar-refractivity contribution in [1.82, 2.24) is 4.72 Å². The average Bonchev–Trinajstić information content (AvgIpc) is 2.12. The first-order valence-corrected chi connectivity index (χ1v) is 6.14. The number of nitrogen functional groups attached to an aromatic ring is 1. The van der Waals surface area contributed by atoms with Crippen LogP contribution in [0.25, 0.3) is 0 Å². The second-order valence-corrected chi connectivity index (χ2v) is 5.22. The van der Waals surface area contributed by atoms with Crippen molar-refractivity contribution in [1.29, 1.82) is 0 Å². The Morgan fingerprint density at radius 2 is 1.88 bits per heavy atom. The van der Waals surface area contributed by atoms with Crippen LogP contribution < -0.4 is 10.5 Å². The molecule has 0 heterocycles. The van der Waals surface area contributed by atoms with Gasteiger partial charge in [-0.2, -0.15) is 0 Å². The topological polar surface area (TPSA) is 92.4 Å². The number of aliphatic hydroxyl groups excluding tert-OH is 1. The van der Waals surface area contributed by atoms with Crippen LogP contribution in [-0.4, -0.2) is 26.2 Å². The molecule has 0 spiro atoms. The fourth-order valence-corrected chi connectivity index (χ4v) is 2.37. The Morgan fingerprint density at radius 1 is 1.41 bits per heavy atom. The van der Waals surface area contributed by atoms with E-state index in [9.17, 15) is 17.2 Å². The Bertz CT molecular complexity index is 494. The normalized spacial score (nSPS) is 13.6. The minimum atomic E-state index is -4.35. The summed E-state index contributed by atoms with van der Waals surface area (Å²) >= 11 is 0. The third-order valence-corrected chi connectivity index (χ3v) is 3.33. The molecule has 0 aliphatic carbocycles. The summed E-state index contributed by atoms with van der Waals surface area (Å²) < 4.78 is 51.6. The molecule has 0 aromatic heterocycles. The molecule has 0 amide bonds. The SMILES string of the molecule is C[C@@H](O)CNS(=O)(=O)c1c(F)cc(N)cc1F. The molecular weight excluding hydrogens is 254 g/mol. The smallest absolute Gasteiger partial charge is 0.246 e. The Balaban J connectivity index is 3.16. The fraction of sp³-hybridized carbons (Fsp3) is 0.333. The molecule has 0 saturated carbocycles. The van der Waals surface area contributed by atoms with Gasteiger partial charge in [-0.1, -0.05) is 0 Å². The Morgan fingerprint density at radius 3 is 2.29 bits per heavy atom. The van der Waals surface area contributed by atoms with Crippen LogP contribution >= 0.6 is 0 Å². The number of aliphatic hydroxyl groups is 1. The van der Waals surface area contributed by atoms with Crippen LogP contribution in [0.2, 0.25) is 0 Å². The molecule has 0 fully saturated rings. The van der Waals surface area contributed by atoms with E-state index >= 15 is 0 Å². The molecule has 1 rings (SSSR count). The molecule has 0 radical (unpaired) electrons. The third kappa shape index (κ3) is 3.35. The quantitative estimate of drug-likeness (QED) is 0.679. The Hall–Kier alpha value is -1.25. The van der Waals surface area contributed by atoms with Crippen molar-refractivity contribution in [3.05, 3.63) is 23.8 Å². The minimum Gasteiger partial charge on any atom is -0.399 e. The largest absolute Gasteiger partial charge is 0.399 e. The summed E-state index contributed by atoms with van der Waals surface area (Å²) in [6, 6.07) is 1.42. The Kier molecular flexibility index (Phi) is 4.02. The highest BCUT2D eigenvalue weighted by molar-refractivity contribution is 7.89. The number of nitrogens with one attached hydrogen (secondary N) is 1. The van der Waals surface area contributed by atoms with Crippen LogP contribution in [0.4, 0.5) is 14.5 Å². The van der Waals surface area contributed by atoms with Crippen molar-refractivity contribution in [3.63, 3.8) is 0 Å². The fourth-order valence-electron chi connectivity index (χ4n) is 1.14. The molecule has 17 heavy (non-hydrogen) atoms. The standard InChI is InChI=1S/C9H12F2N2O3S/c1-5(14)4-13-17(15,16)9-7(10)2-6(12)3-8(9)11/h2-3,5,13-14H,4,12H2,1H3/t5-/m1/s1. The highest BCUT2D eigenvalue weighted by Gasteiger charge is 2.24. The lowest BCUT2D eigenvalue weighted by Crippen LogP contribution is -2.31. The summed E-state index contributed by atoms with van der Waals surface area (Å²) in [5.74, 6) is -2.55. The lowest BCUT2D eigenvalue weighted by molar-refractivity contribution is 0.198. The van der Waals surface area contributed by atoms with Crippen LogP contribution in [0, 0.1) is 11.6 Å². The molecular formula is C9H12F2N2O3S. The first-order valence-electron chi connectivity index (χ1n) is 4.66. The lowest BCUT2D eigenvalue weighted by atomic mass is 10.3. The maximum absolute atomic E-state index is 13.3. The Labute approximate surface area is 97.3 Å². The second-order valence-electron chi connectivity index (χ2n) is 3.51. The monoisotopic (exact) mass is 266 g/mol. The van der Waals surface area contributed by atoms with E-state index in [0.717, 1.165) is 0 Å². The van der Waals surface area contributed by atoms with Gasteiger partial charge in [-0.3, -0.25) is 0 Å². The van der Waals surface area contributed by atoms with Crippen LogP contribution in [0.3, 0.4) is 0 Å². The van der Waals surface area contributed by atoms with E-state index in [2.05, 4.69) is 0 Å². The molecule has 1 aromatic carbocycles. The predicted molar refractivity (Wildman–Crippen MR) is 57.6 cm³/mol. The molecule has 1 aromatic rings. The predicted octanol–water partition coefficient (Wildman–Crippen LogP) is 0.206. The van der Waals surface area contributed by atoms with Crippen molar-refractivity contribution in [2.24, 2.45) is 0 Å². The number of nitrogens with two attached hydrogens (primary N) is 1. The van der Waals surface area contributed by atoms with Gasteiger partial charge in [-0.05, 0) is 19.1 Å². The van der Waals surface area contributed by atoms with Gasteiger partial charge in [0, 0.05) is 12.2 Å². The maximum Gasteiger partial charge on any atom is 0.246 e. The van der Waals surface area contributed by atoms with E-state index < -0.39 is 32.7 Å². The van der Waals surface area contributed by atoms with Crippen molar-refractivity contribution < 1.29 is 22.3 Å². The summed E-state index contributed by atoms with van der Waals surface area (Å²) in [6.07, 6.45) is -0.968. The lowest BCUT2D eigenvalue weighted by Gasteiger charge is -2.10. The zero-order valence-electron chi connectivity index (χ0n) is 8.94. The van der Waals surface area contributed by atoms with Crippen LogP contribution in [0.15, 0.2) is 17.0 Å². The van der Waals surface area contributed by atoms with E-state index in [1.54, 1.807) is 0 Å². The van der Waals surface area contributed by atoms with Crippen molar-refractivity contribution in [2.45, 2.75) is 17.9 Å². The molecule has 96 valence electrons. The molecule has 0 unspecified atom stereocenters. The van der Waals surface area contributed by atoms with E-state index in [-0.39, 0.29) is 12.2 Å². The van der Waals surface area contributed by atoms with Crippen molar-refractivity contribution in [3.8, 4) is 0 Å². The molecule has 1 atom stereocenters. The molecule has 0 aliphatic heterocycles. The van der Waals surface area contributed by atoms with E-state index in [1.165, 1.54) is 6.92 Å². The highest BCUT2D eigenvalue weighted by atomic mass is 32.2. The first-order chi connectivity index (χ1) is 7.74. The third-order valence-electron chi connectivity index (χ3n) is 1.86. The number of benzene rings is 1. The van der Waals surface area contributed by atoms with Crippen LogP contribution in [-0.2, 0) is 10.0 Å². The summed E-state index contributed by atoms with van der Waals surface area (Å²) in [5, 5.41) is 8.91. The number of hydrogen-bond acceptors (Lipinski definition) is 4. The van der Waals surface area contributed by atoms with Gasteiger partial charge in [0.1, 0.15) is 11.6 Å². The zero-order chi connectivity index (χ0) is 13.2.